The number of nitrogens with zero attached hydrogens (tertiary/aromatic N) is 2. The fourth-order valence-electron chi connectivity index (χ4n) is 3.06. The minimum Gasteiger partial charge on any atom is -0.481 e. The Morgan fingerprint density at radius 2 is 1.75 bits per heavy atom. The summed E-state index contributed by atoms with van der Waals surface area (Å²) in [4.78, 5) is 24.9. The van der Waals surface area contributed by atoms with Gasteiger partial charge in [-0.1, -0.05) is 6.42 Å². The van der Waals surface area contributed by atoms with Gasteiger partial charge in [0.2, 0.25) is 0 Å². The second kappa shape index (κ2) is 7.47. The molecule has 0 radical (unpaired) electrons. The summed E-state index contributed by atoms with van der Waals surface area (Å²) in [7, 11) is 0. The predicted molar refractivity (Wildman–Crippen MR) is 75.2 cm³/mol. The number of hydrogen-bond acceptors (Lipinski definition) is 3. The summed E-state index contributed by atoms with van der Waals surface area (Å²) in [5.41, 5.74) is 2.98. The number of hydrogen-bond donors (Lipinski definition) is 2. The van der Waals surface area contributed by atoms with Gasteiger partial charge < -0.3 is 10.0 Å². The van der Waals surface area contributed by atoms with Crippen molar-refractivity contribution in [1.82, 2.24) is 15.3 Å². The second-order valence-corrected chi connectivity index (χ2v) is 5.74. The van der Waals surface area contributed by atoms with Crippen LogP contribution in [-0.2, 0) is 4.79 Å². The molecule has 0 bridgehead atoms. The molecule has 2 saturated heterocycles. The van der Waals surface area contributed by atoms with Gasteiger partial charge in [-0.05, 0) is 38.5 Å². The van der Waals surface area contributed by atoms with E-state index in [0.29, 0.717) is 6.42 Å². The number of aliphatic carboxylic acids is 1. The van der Waals surface area contributed by atoms with Crippen LogP contribution in [0.25, 0.3) is 0 Å². The summed E-state index contributed by atoms with van der Waals surface area (Å²) in [5, 5.41) is 10.8. The molecule has 2 N–H and O–H groups in total. The van der Waals surface area contributed by atoms with Crippen molar-refractivity contribution in [2.75, 3.05) is 19.6 Å². The number of carboxylic acid groups (broad SMARTS) is 1. The molecule has 0 saturated carbocycles. The molecular formula is C14H25N3O3. The van der Waals surface area contributed by atoms with E-state index in [2.05, 4.69) is 5.43 Å². The minimum atomic E-state index is -0.785. The molecule has 6 nitrogen and oxygen atoms in total. The lowest BCUT2D eigenvalue weighted by Gasteiger charge is -2.37. The van der Waals surface area contributed by atoms with E-state index >= 15 is 0 Å². The predicted octanol–water partition coefficient (Wildman–Crippen LogP) is 1.82. The number of nitrogens with one attached hydrogen (secondary N) is 1. The van der Waals surface area contributed by atoms with Gasteiger partial charge in [0.15, 0.2) is 0 Å². The number of urea groups is 1. The standard InChI is InChI=1S/C14H25N3O3/c18-13(19)8-7-12-6-2-5-11-17(12)14(20)15-16-9-3-1-4-10-16/h12H,1-11H2,(H,15,20)(H,18,19). The van der Waals surface area contributed by atoms with Crippen molar-refractivity contribution in [2.45, 2.75) is 57.4 Å². The van der Waals surface area contributed by atoms with Crippen LogP contribution in [0.15, 0.2) is 0 Å². The van der Waals surface area contributed by atoms with Crippen LogP contribution in [0.3, 0.4) is 0 Å². The van der Waals surface area contributed by atoms with Gasteiger partial charge >= 0.3 is 12.0 Å². The first-order valence-electron chi connectivity index (χ1n) is 7.71. The first-order chi connectivity index (χ1) is 9.66. The van der Waals surface area contributed by atoms with Gasteiger partial charge in [-0.25, -0.2) is 9.80 Å². The number of rotatable bonds is 4. The molecule has 2 aliphatic heterocycles. The van der Waals surface area contributed by atoms with Gasteiger partial charge in [0.25, 0.3) is 0 Å². The Morgan fingerprint density at radius 1 is 1.05 bits per heavy atom. The zero-order valence-electron chi connectivity index (χ0n) is 12.0. The van der Waals surface area contributed by atoms with Crippen molar-refractivity contribution in [3.63, 3.8) is 0 Å². The number of piperidine rings is 2. The van der Waals surface area contributed by atoms with Crippen molar-refractivity contribution in [3.05, 3.63) is 0 Å². The fraction of sp³-hybridized carbons (Fsp3) is 0.857. The lowest BCUT2D eigenvalue weighted by Crippen LogP contribution is -2.54. The molecule has 1 unspecified atom stereocenters. The molecule has 2 heterocycles. The van der Waals surface area contributed by atoms with Crippen LogP contribution in [-0.4, -0.2) is 52.7 Å². The SMILES string of the molecule is O=C(O)CCC1CCCCN1C(=O)NN1CCCCC1. The van der Waals surface area contributed by atoms with Crippen molar-refractivity contribution >= 4 is 12.0 Å². The largest absolute Gasteiger partial charge is 0.481 e. The van der Waals surface area contributed by atoms with E-state index in [1.54, 1.807) is 0 Å². The fourth-order valence-corrected chi connectivity index (χ4v) is 3.06. The monoisotopic (exact) mass is 283 g/mol. The van der Waals surface area contributed by atoms with E-state index < -0.39 is 5.97 Å². The van der Waals surface area contributed by atoms with Crippen LogP contribution < -0.4 is 5.43 Å². The van der Waals surface area contributed by atoms with Gasteiger partial charge in [0.05, 0.1) is 0 Å². The summed E-state index contributed by atoms with van der Waals surface area (Å²) >= 11 is 0. The summed E-state index contributed by atoms with van der Waals surface area (Å²) in [6.45, 7) is 2.57. The lowest BCUT2D eigenvalue weighted by atomic mass is 9.98. The average molecular weight is 283 g/mol. The van der Waals surface area contributed by atoms with E-state index in [0.717, 1.165) is 51.7 Å². The summed E-state index contributed by atoms with van der Waals surface area (Å²) < 4.78 is 0. The Kier molecular flexibility index (Phi) is 5.64. The topological polar surface area (TPSA) is 72.9 Å². The molecule has 2 amide bonds. The first kappa shape index (κ1) is 15.1. The lowest BCUT2D eigenvalue weighted by molar-refractivity contribution is -0.137. The van der Waals surface area contributed by atoms with Gasteiger partial charge in [0, 0.05) is 32.1 Å². The molecule has 2 rings (SSSR count). The Balaban J connectivity index is 1.85. The number of amides is 2. The van der Waals surface area contributed by atoms with Crippen LogP contribution in [0.5, 0.6) is 0 Å². The molecule has 20 heavy (non-hydrogen) atoms. The van der Waals surface area contributed by atoms with E-state index in [9.17, 15) is 9.59 Å². The third kappa shape index (κ3) is 4.37. The maximum atomic E-state index is 12.3. The summed E-state index contributed by atoms with van der Waals surface area (Å²) in [6, 6.07) is 0.0200. The Labute approximate surface area is 120 Å². The summed E-state index contributed by atoms with van der Waals surface area (Å²) in [5.74, 6) is -0.785. The highest BCUT2D eigenvalue weighted by Gasteiger charge is 2.28. The molecule has 2 aliphatic rings. The molecule has 6 heteroatoms. The number of carbonyl (C=O) groups excluding carboxylic acids is 1. The second-order valence-electron chi connectivity index (χ2n) is 5.74. The molecule has 0 aliphatic carbocycles. The quantitative estimate of drug-likeness (QED) is 0.825. The first-order valence-corrected chi connectivity index (χ1v) is 7.71. The molecule has 0 aromatic rings. The molecule has 2 fully saturated rings. The molecular weight excluding hydrogens is 258 g/mol. The molecule has 0 aromatic heterocycles. The number of carbonyl (C=O) groups is 2. The van der Waals surface area contributed by atoms with Crippen LogP contribution in [0.4, 0.5) is 4.79 Å². The molecule has 114 valence electrons. The molecule has 0 spiro atoms. The van der Waals surface area contributed by atoms with Crippen LogP contribution in [0, 0.1) is 0 Å². The van der Waals surface area contributed by atoms with E-state index in [4.69, 9.17) is 5.11 Å². The van der Waals surface area contributed by atoms with Gasteiger partial charge in [-0.15, -0.1) is 0 Å². The average Bonchev–Trinajstić information content (AvgIpc) is 2.46. The van der Waals surface area contributed by atoms with E-state index in [1.807, 2.05) is 9.91 Å². The van der Waals surface area contributed by atoms with Crippen LogP contribution in [0.1, 0.15) is 51.4 Å². The Hall–Kier alpha value is -1.30. The zero-order valence-corrected chi connectivity index (χ0v) is 12.0. The highest BCUT2D eigenvalue weighted by atomic mass is 16.4. The smallest absolute Gasteiger partial charge is 0.332 e. The molecule has 0 aromatic carbocycles. The van der Waals surface area contributed by atoms with Gasteiger partial charge in [-0.2, -0.15) is 0 Å². The Bertz CT molecular complexity index is 343. The highest BCUT2D eigenvalue weighted by Crippen LogP contribution is 2.21. The van der Waals surface area contributed by atoms with E-state index in [1.165, 1.54) is 6.42 Å². The van der Waals surface area contributed by atoms with Crippen molar-refractivity contribution in [2.24, 2.45) is 0 Å². The number of hydrazine groups is 1. The van der Waals surface area contributed by atoms with Crippen LogP contribution in [0.2, 0.25) is 0 Å². The maximum Gasteiger partial charge on any atom is 0.332 e. The third-order valence-corrected chi connectivity index (χ3v) is 4.19. The van der Waals surface area contributed by atoms with Crippen LogP contribution >= 0.6 is 0 Å². The summed E-state index contributed by atoms with van der Waals surface area (Å²) in [6.07, 6.45) is 7.19. The van der Waals surface area contributed by atoms with Gasteiger partial charge in [-0.3, -0.25) is 10.2 Å². The molecule has 1 atom stereocenters. The van der Waals surface area contributed by atoms with Gasteiger partial charge in [0.1, 0.15) is 0 Å². The Morgan fingerprint density at radius 3 is 2.45 bits per heavy atom. The third-order valence-electron chi connectivity index (χ3n) is 4.19. The zero-order chi connectivity index (χ0) is 14.4. The van der Waals surface area contributed by atoms with Crippen molar-refractivity contribution in [1.29, 1.82) is 0 Å². The highest BCUT2D eigenvalue weighted by molar-refractivity contribution is 5.74. The minimum absolute atomic E-state index is 0.0537. The normalized spacial score (nSPS) is 24.4. The van der Waals surface area contributed by atoms with Crippen molar-refractivity contribution < 1.29 is 14.7 Å². The maximum absolute atomic E-state index is 12.3. The number of carboxylic acids is 1. The van der Waals surface area contributed by atoms with E-state index in [-0.39, 0.29) is 18.5 Å². The van der Waals surface area contributed by atoms with Crippen molar-refractivity contribution in [3.8, 4) is 0 Å². The number of likely N-dealkylation sites (tertiary alicyclic amines) is 1.